The normalized spacial score (nSPS) is 38.6. The summed E-state index contributed by atoms with van der Waals surface area (Å²) >= 11 is 0. The second-order valence-electron chi connectivity index (χ2n) is 8.54. The Balaban J connectivity index is 1.25. The number of carbonyl (C=O) groups is 1. The summed E-state index contributed by atoms with van der Waals surface area (Å²) in [5, 5.41) is 0. The smallest absolute Gasteiger partial charge is 0.226 e. The van der Waals surface area contributed by atoms with Crippen molar-refractivity contribution in [1.82, 2.24) is 4.90 Å². The molecule has 1 saturated heterocycles. The first-order chi connectivity index (χ1) is 12.2. The van der Waals surface area contributed by atoms with Gasteiger partial charge >= 0.3 is 0 Å². The maximum Gasteiger partial charge on any atom is 0.226 e. The van der Waals surface area contributed by atoms with E-state index in [9.17, 15) is 4.79 Å². The zero-order valence-corrected chi connectivity index (χ0v) is 15.2. The highest BCUT2D eigenvalue weighted by atomic mass is 16.5. The Morgan fingerprint density at radius 2 is 1.92 bits per heavy atom. The van der Waals surface area contributed by atoms with Crippen LogP contribution in [0.3, 0.4) is 0 Å². The molecule has 4 aliphatic rings. The van der Waals surface area contributed by atoms with Crippen LogP contribution in [0.5, 0.6) is 5.75 Å². The minimum Gasteiger partial charge on any atom is -0.497 e. The van der Waals surface area contributed by atoms with Crippen LogP contribution < -0.4 is 9.64 Å². The molecule has 25 heavy (non-hydrogen) atoms. The number of hydrogen-bond donors (Lipinski definition) is 0. The molecule has 2 bridgehead atoms. The fourth-order valence-electron chi connectivity index (χ4n) is 6.20. The molecule has 4 nitrogen and oxygen atoms in total. The van der Waals surface area contributed by atoms with Gasteiger partial charge < -0.3 is 14.5 Å². The minimum atomic E-state index is 0.347. The third kappa shape index (κ3) is 2.37. The van der Waals surface area contributed by atoms with E-state index in [1.165, 1.54) is 24.9 Å². The lowest BCUT2D eigenvalue weighted by atomic mass is 10.0. The topological polar surface area (TPSA) is 32.8 Å². The second kappa shape index (κ2) is 5.65. The number of fused-ring (bicyclic) bond motifs is 5. The van der Waals surface area contributed by atoms with Crippen molar-refractivity contribution >= 4 is 11.6 Å². The lowest BCUT2D eigenvalue weighted by Gasteiger charge is -2.41. The first-order valence-electron chi connectivity index (χ1n) is 9.87. The molecule has 4 heteroatoms. The van der Waals surface area contributed by atoms with E-state index in [-0.39, 0.29) is 0 Å². The molecule has 1 unspecified atom stereocenters. The number of ether oxygens (including phenoxy) is 1. The summed E-state index contributed by atoms with van der Waals surface area (Å²) in [4.78, 5) is 17.6. The SMILES string of the molecule is COc1cccc(N2CCN(C(=O)C3[C@@H]4[C@H]5CC[C@@H](C5)[C@H]34)C[C@H]2C)c1. The molecular weight excluding hydrogens is 312 g/mol. The molecule has 6 atom stereocenters. The van der Waals surface area contributed by atoms with E-state index in [1.54, 1.807) is 7.11 Å². The number of carbonyl (C=O) groups excluding carboxylic acids is 1. The molecule has 0 aromatic heterocycles. The van der Waals surface area contributed by atoms with Gasteiger partial charge in [-0.15, -0.1) is 0 Å². The van der Waals surface area contributed by atoms with Gasteiger partial charge in [-0.05, 0) is 62.0 Å². The van der Waals surface area contributed by atoms with E-state index in [1.807, 2.05) is 12.1 Å². The van der Waals surface area contributed by atoms with Gasteiger partial charge in [-0.2, -0.15) is 0 Å². The summed E-state index contributed by atoms with van der Waals surface area (Å²) in [6, 6.07) is 8.60. The van der Waals surface area contributed by atoms with Crippen LogP contribution in [0.25, 0.3) is 0 Å². The number of methoxy groups -OCH3 is 1. The fraction of sp³-hybridized carbons (Fsp3) is 0.667. The Morgan fingerprint density at radius 3 is 2.60 bits per heavy atom. The number of nitrogens with zero attached hydrogens (tertiary/aromatic N) is 2. The van der Waals surface area contributed by atoms with Crippen molar-refractivity contribution in [3.05, 3.63) is 24.3 Å². The van der Waals surface area contributed by atoms with E-state index in [2.05, 4.69) is 28.9 Å². The molecule has 1 aromatic carbocycles. The monoisotopic (exact) mass is 340 g/mol. The van der Waals surface area contributed by atoms with Crippen LogP contribution in [0.1, 0.15) is 26.2 Å². The summed E-state index contributed by atoms with van der Waals surface area (Å²) in [6.45, 7) is 4.85. The highest BCUT2D eigenvalue weighted by molar-refractivity contribution is 5.83. The van der Waals surface area contributed by atoms with E-state index < -0.39 is 0 Å². The maximum absolute atomic E-state index is 13.1. The Bertz CT molecular complexity index is 674. The number of hydrogen-bond acceptors (Lipinski definition) is 3. The summed E-state index contributed by atoms with van der Waals surface area (Å²) in [5.41, 5.74) is 1.19. The van der Waals surface area contributed by atoms with Crippen molar-refractivity contribution < 1.29 is 9.53 Å². The molecule has 0 N–H and O–H groups in total. The van der Waals surface area contributed by atoms with E-state index in [0.717, 1.165) is 49.1 Å². The van der Waals surface area contributed by atoms with Gasteiger partial charge in [-0.3, -0.25) is 4.79 Å². The molecule has 1 heterocycles. The highest BCUT2D eigenvalue weighted by Gasteiger charge is 2.68. The molecule has 1 aromatic rings. The van der Waals surface area contributed by atoms with Crippen molar-refractivity contribution in [2.75, 3.05) is 31.6 Å². The number of amides is 1. The first kappa shape index (κ1) is 15.5. The molecular formula is C21H28N2O2. The molecule has 1 aliphatic heterocycles. The molecule has 134 valence electrons. The fourth-order valence-corrected chi connectivity index (χ4v) is 6.20. The highest BCUT2D eigenvalue weighted by Crippen LogP contribution is 2.69. The molecule has 3 aliphatic carbocycles. The number of benzene rings is 1. The van der Waals surface area contributed by atoms with Crippen molar-refractivity contribution in [2.24, 2.45) is 29.6 Å². The summed E-state index contributed by atoms with van der Waals surface area (Å²) < 4.78 is 5.36. The summed E-state index contributed by atoms with van der Waals surface area (Å²) in [5.74, 6) is 4.98. The third-order valence-electron chi connectivity index (χ3n) is 7.34. The molecule has 3 saturated carbocycles. The Kier molecular flexibility index (Phi) is 3.51. The lowest BCUT2D eigenvalue weighted by Crippen LogP contribution is -2.54. The lowest BCUT2D eigenvalue weighted by molar-refractivity contribution is -0.134. The third-order valence-corrected chi connectivity index (χ3v) is 7.34. The van der Waals surface area contributed by atoms with Gasteiger partial charge in [0, 0.05) is 43.3 Å². The van der Waals surface area contributed by atoms with Crippen LogP contribution in [0.15, 0.2) is 24.3 Å². The summed E-state index contributed by atoms with van der Waals surface area (Å²) in [6.07, 6.45) is 4.18. The molecule has 0 radical (unpaired) electrons. The quantitative estimate of drug-likeness (QED) is 0.848. The van der Waals surface area contributed by atoms with Crippen LogP contribution in [0, 0.1) is 29.6 Å². The Hall–Kier alpha value is -1.71. The average molecular weight is 340 g/mol. The van der Waals surface area contributed by atoms with E-state index >= 15 is 0 Å². The van der Waals surface area contributed by atoms with Gasteiger partial charge in [0.05, 0.1) is 7.11 Å². The number of piperazine rings is 1. The largest absolute Gasteiger partial charge is 0.497 e. The number of rotatable bonds is 3. The van der Waals surface area contributed by atoms with Crippen LogP contribution >= 0.6 is 0 Å². The average Bonchev–Trinajstić information content (AvgIpc) is 3.07. The van der Waals surface area contributed by atoms with Crippen LogP contribution in [-0.2, 0) is 4.79 Å². The van der Waals surface area contributed by atoms with Crippen molar-refractivity contribution in [3.8, 4) is 5.75 Å². The van der Waals surface area contributed by atoms with Gasteiger partial charge in [0.15, 0.2) is 0 Å². The molecule has 5 rings (SSSR count). The Morgan fingerprint density at radius 1 is 1.16 bits per heavy atom. The molecule has 1 amide bonds. The van der Waals surface area contributed by atoms with Gasteiger partial charge in [0.25, 0.3) is 0 Å². The second-order valence-corrected chi connectivity index (χ2v) is 8.54. The predicted molar refractivity (Wildman–Crippen MR) is 97.7 cm³/mol. The molecule has 0 spiro atoms. The van der Waals surface area contributed by atoms with Crippen molar-refractivity contribution in [2.45, 2.75) is 32.2 Å². The first-order valence-corrected chi connectivity index (χ1v) is 9.87. The van der Waals surface area contributed by atoms with Crippen LogP contribution in [0.2, 0.25) is 0 Å². The molecule has 4 fully saturated rings. The van der Waals surface area contributed by atoms with Gasteiger partial charge in [-0.25, -0.2) is 0 Å². The van der Waals surface area contributed by atoms with Gasteiger partial charge in [0.1, 0.15) is 5.75 Å². The zero-order chi connectivity index (χ0) is 17.1. The van der Waals surface area contributed by atoms with Gasteiger partial charge in [0.2, 0.25) is 5.91 Å². The minimum absolute atomic E-state index is 0.347. The predicted octanol–water partition coefficient (Wildman–Crippen LogP) is 3.02. The van der Waals surface area contributed by atoms with E-state index in [4.69, 9.17) is 4.74 Å². The maximum atomic E-state index is 13.1. The Labute approximate surface area is 150 Å². The van der Waals surface area contributed by atoms with Crippen molar-refractivity contribution in [3.63, 3.8) is 0 Å². The standard InChI is InChI=1S/C21H28N2O2/c1-13-12-22(8-9-23(13)16-4-3-5-17(11-16)25-2)21(24)20-18-14-6-7-15(10-14)19(18)20/h3-5,11,13-15,18-20H,6-10,12H2,1-2H3/t13-,14+,15+,18-,19+,20?/m1/s1. The van der Waals surface area contributed by atoms with Crippen molar-refractivity contribution in [1.29, 1.82) is 0 Å². The zero-order valence-electron chi connectivity index (χ0n) is 15.2. The van der Waals surface area contributed by atoms with Gasteiger partial charge in [-0.1, -0.05) is 6.07 Å². The summed E-state index contributed by atoms with van der Waals surface area (Å²) in [7, 11) is 1.71. The van der Waals surface area contributed by atoms with Crippen LogP contribution in [-0.4, -0.2) is 43.6 Å². The van der Waals surface area contributed by atoms with E-state index in [0.29, 0.717) is 17.9 Å². The number of anilines is 1. The van der Waals surface area contributed by atoms with Crippen LogP contribution in [0.4, 0.5) is 5.69 Å².